The first-order chi connectivity index (χ1) is 11.0. The van der Waals surface area contributed by atoms with Crippen molar-refractivity contribution in [2.75, 3.05) is 14.1 Å². The van der Waals surface area contributed by atoms with Gasteiger partial charge >= 0.3 is 5.97 Å². The van der Waals surface area contributed by atoms with Crippen molar-refractivity contribution < 1.29 is 9.90 Å². The summed E-state index contributed by atoms with van der Waals surface area (Å²) in [5, 5.41) is 10.3. The molecular weight excluding hydrogens is 288 g/mol. The molecule has 0 aliphatic carbocycles. The molecule has 0 saturated heterocycles. The SMILES string of the molecule is Cc1[nH]c2ccccc2c1C(c1ccc(C(=O)O)cc1)N(C)C. The van der Waals surface area contributed by atoms with Crippen LogP contribution >= 0.6 is 0 Å². The van der Waals surface area contributed by atoms with Gasteiger partial charge in [-0.2, -0.15) is 0 Å². The Morgan fingerprint density at radius 1 is 1.09 bits per heavy atom. The Bertz CT molecular complexity index is 847. The van der Waals surface area contributed by atoms with E-state index in [0.29, 0.717) is 5.56 Å². The summed E-state index contributed by atoms with van der Waals surface area (Å²) in [5.41, 5.74) is 4.87. The number of benzene rings is 2. The van der Waals surface area contributed by atoms with Crippen molar-refractivity contribution in [1.82, 2.24) is 9.88 Å². The lowest BCUT2D eigenvalue weighted by Gasteiger charge is -2.26. The average Bonchev–Trinajstić information content (AvgIpc) is 2.84. The molecule has 0 spiro atoms. The van der Waals surface area contributed by atoms with Gasteiger partial charge in [0.15, 0.2) is 0 Å². The highest BCUT2D eigenvalue weighted by atomic mass is 16.4. The van der Waals surface area contributed by atoms with Crippen molar-refractivity contribution in [2.24, 2.45) is 0 Å². The van der Waals surface area contributed by atoms with Crippen molar-refractivity contribution in [1.29, 1.82) is 0 Å². The van der Waals surface area contributed by atoms with Crippen molar-refractivity contribution in [3.05, 3.63) is 70.9 Å². The fourth-order valence-corrected chi connectivity index (χ4v) is 3.18. The number of aromatic amines is 1. The van der Waals surface area contributed by atoms with E-state index in [1.54, 1.807) is 12.1 Å². The van der Waals surface area contributed by atoms with Gasteiger partial charge in [0.2, 0.25) is 0 Å². The van der Waals surface area contributed by atoms with Gasteiger partial charge in [-0.1, -0.05) is 30.3 Å². The van der Waals surface area contributed by atoms with E-state index in [9.17, 15) is 4.79 Å². The monoisotopic (exact) mass is 308 g/mol. The van der Waals surface area contributed by atoms with Crippen LogP contribution in [0.1, 0.15) is 33.2 Å². The van der Waals surface area contributed by atoms with Gasteiger partial charge in [0, 0.05) is 22.2 Å². The summed E-state index contributed by atoms with van der Waals surface area (Å²) in [7, 11) is 4.08. The molecule has 2 N–H and O–H groups in total. The van der Waals surface area contributed by atoms with Gasteiger partial charge in [-0.25, -0.2) is 4.79 Å². The molecule has 3 aromatic rings. The van der Waals surface area contributed by atoms with E-state index in [0.717, 1.165) is 16.8 Å². The summed E-state index contributed by atoms with van der Waals surface area (Å²) in [5.74, 6) is -0.902. The lowest BCUT2D eigenvalue weighted by Crippen LogP contribution is -2.21. The number of aryl methyl sites for hydroxylation is 1. The second kappa shape index (κ2) is 5.89. The van der Waals surface area contributed by atoms with E-state index in [4.69, 9.17) is 5.11 Å². The van der Waals surface area contributed by atoms with E-state index >= 15 is 0 Å². The topological polar surface area (TPSA) is 56.3 Å². The maximum absolute atomic E-state index is 11.1. The first-order valence-electron chi connectivity index (χ1n) is 7.56. The molecule has 2 aromatic carbocycles. The number of hydrogen-bond acceptors (Lipinski definition) is 2. The normalized spacial score (nSPS) is 12.7. The molecule has 0 amide bonds. The number of carboxylic acid groups (broad SMARTS) is 1. The summed E-state index contributed by atoms with van der Waals surface area (Å²) in [6.45, 7) is 2.08. The molecular formula is C19H20N2O2. The fourth-order valence-electron chi connectivity index (χ4n) is 3.18. The Morgan fingerprint density at radius 2 is 1.74 bits per heavy atom. The molecule has 1 unspecified atom stereocenters. The molecule has 0 aliphatic rings. The Morgan fingerprint density at radius 3 is 2.35 bits per heavy atom. The minimum atomic E-state index is -0.902. The van der Waals surface area contributed by atoms with E-state index in [1.165, 1.54) is 10.9 Å². The van der Waals surface area contributed by atoms with E-state index < -0.39 is 5.97 Å². The van der Waals surface area contributed by atoms with Crippen LogP contribution in [-0.2, 0) is 0 Å². The highest BCUT2D eigenvalue weighted by molar-refractivity contribution is 5.88. The maximum atomic E-state index is 11.1. The van der Waals surface area contributed by atoms with Crippen molar-refractivity contribution >= 4 is 16.9 Å². The minimum absolute atomic E-state index is 0.0639. The predicted octanol–water partition coefficient (Wildman–Crippen LogP) is 3.83. The van der Waals surface area contributed by atoms with Crippen LogP contribution in [0.25, 0.3) is 10.9 Å². The van der Waals surface area contributed by atoms with Gasteiger partial charge in [-0.15, -0.1) is 0 Å². The summed E-state index contributed by atoms with van der Waals surface area (Å²) in [6.07, 6.45) is 0. The third-order valence-electron chi connectivity index (χ3n) is 4.21. The van der Waals surface area contributed by atoms with Gasteiger partial charge in [0.1, 0.15) is 0 Å². The molecule has 4 nitrogen and oxygen atoms in total. The second-order valence-corrected chi connectivity index (χ2v) is 6.00. The Labute approximate surface area is 135 Å². The van der Waals surface area contributed by atoms with Crippen LogP contribution in [0.4, 0.5) is 0 Å². The average molecular weight is 308 g/mol. The largest absolute Gasteiger partial charge is 0.478 e. The van der Waals surface area contributed by atoms with Crippen LogP contribution in [-0.4, -0.2) is 35.1 Å². The van der Waals surface area contributed by atoms with Crippen molar-refractivity contribution in [3.8, 4) is 0 Å². The van der Waals surface area contributed by atoms with Crippen LogP contribution in [0.3, 0.4) is 0 Å². The summed E-state index contributed by atoms with van der Waals surface area (Å²) in [4.78, 5) is 16.7. The number of aromatic nitrogens is 1. The number of carboxylic acids is 1. The maximum Gasteiger partial charge on any atom is 0.335 e. The number of H-pyrrole nitrogens is 1. The molecule has 23 heavy (non-hydrogen) atoms. The lowest BCUT2D eigenvalue weighted by atomic mass is 9.94. The summed E-state index contributed by atoms with van der Waals surface area (Å²) < 4.78 is 0. The summed E-state index contributed by atoms with van der Waals surface area (Å²) in [6, 6.07) is 15.5. The fraction of sp³-hybridized carbons (Fsp3) is 0.211. The molecule has 118 valence electrons. The second-order valence-electron chi connectivity index (χ2n) is 6.00. The van der Waals surface area contributed by atoms with Crippen LogP contribution in [0.15, 0.2) is 48.5 Å². The number of aromatic carboxylic acids is 1. The molecule has 0 saturated carbocycles. The number of para-hydroxylation sites is 1. The van der Waals surface area contributed by atoms with E-state index in [1.807, 2.05) is 38.4 Å². The molecule has 3 rings (SSSR count). The van der Waals surface area contributed by atoms with Crippen LogP contribution in [0.2, 0.25) is 0 Å². The predicted molar refractivity (Wildman–Crippen MR) is 92.0 cm³/mol. The first kappa shape index (κ1) is 15.3. The van der Waals surface area contributed by atoms with Crippen LogP contribution in [0.5, 0.6) is 0 Å². The van der Waals surface area contributed by atoms with Gasteiger partial charge in [0.05, 0.1) is 11.6 Å². The minimum Gasteiger partial charge on any atom is -0.478 e. The third kappa shape index (κ3) is 2.73. The van der Waals surface area contributed by atoms with Crippen LogP contribution in [0, 0.1) is 6.92 Å². The standard InChI is InChI=1S/C19H20N2O2/c1-12-17(15-6-4-5-7-16(15)20-12)18(21(2)3)13-8-10-14(11-9-13)19(22)23/h4-11,18,20H,1-3H3,(H,22,23). The van der Waals surface area contributed by atoms with Crippen LogP contribution < -0.4 is 0 Å². The Balaban J connectivity index is 2.14. The molecule has 0 fully saturated rings. The molecule has 1 heterocycles. The smallest absolute Gasteiger partial charge is 0.335 e. The zero-order chi connectivity index (χ0) is 16.6. The van der Waals surface area contributed by atoms with Crippen molar-refractivity contribution in [2.45, 2.75) is 13.0 Å². The number of hydrogen-bond donors (Lipinski definition) is 2. The van der Waals surface area contributed by atoms with Gasteiger partial charge in [-0.05, 0) is 44.8 Å². The molecule has 1 aromatic heterocycles. The Hall–Kier alpha value is -2.59. The van der Waals surface area contributed by atoms with Gasteiger partial charge in [-0.3, -0.25) is 4.90 Å². The van der Waals surface area contributed by atoms with E-state index in [2.05, 4.69) is 28.9 Å². The number of fused-ring (bicyclic) bond motifs is 1. The number of nitrogens with one attached hydrogen (secondary N) is 1. The number of carbonyl (C=O) groups is 1. The van der Waals surface area contributed by atoms with Gasteiger partial charge < -0.3 is 10.1 Å². The lowest BCUT2D eigenvalue weighted by molar-refractivity contribution is 0.0697. The third-order valence-corrected chi connectivity index (χ3v) is 4.21. The molecule has 1 atom stereocenters. The molecule has 0 aliphatic heterocycles. The van der Waals surface area contributed by atoms with E-state index in [-0.39, 0.29) is 6.04 Å². The summed E-state index contributed by atoms with van der Waals surface area (Å²) >= 11 is 0. The zero-order valence-corrected chi connectivity index (χ0v) is 13.5. The number of rotatable bonds is 4. The van der Waals surface area contributed by atoms with Gasteiger partial charge in [0.25, 0.3) is 0 Å². The van der Waals surface area contributed by atoms with Crippen molar-refractivity contribution in [3.63, 3.8) is 0 Å². The number of nitrogens with zero attached hydrogens (tertiary/aromatic N) is 1. The first-order valence-corrected chi connectivity index (χ1v) is 7.56. The highest BCUT2D eigenvalue weighted by Gasteiger charge is 2.22. The Kier molecular flexibility index (Phi) is 3.92. The highest BCUT2D eigenvalue weighted by Crippen LogP contribution is 2.34. The molecule has 0 radical (unpaired) electrons. The molecule has 0 bridgehead atoms. The molecule has 4 heteroatoms. The quantitative estimate of drug-likeness (QED) is 0.770. The zero-order valence-electron chi connectivity index (χ0n) is 13.5.